The molecule has 4 amide bonds. The van der Waals surface area contributed by atoms with Crippen LogP contribution in [0.1, 0.15) is 65.3 Å². The van der Waals surface area contributed by atoms with Crippen LogP contribution in [0.3, 0.4) is 0 Å². The molecule has 2 saturated heterocycles. The van der Waals surface area contributed by atoms with Gasteiger partial charge in [-0.25, -0.2) is 4.98 Å². The first kappa shape index (κ1) is 30.2. The zero-order valence-corrected chi connectivity index (χ0v) is 26.4. The Morgan fingerprint density at radius 3 is 2.60 bits per heavy atom. The van der Waals surface area contributed by atoms with Crippen molar-refractivity contribution in [3.8, 4) is 11.3 Å². The van der Waals surface area contributed by atoms with E-state index in [9.17, 15) is 19.2 Å². The summed E-state index contributed by atoms with van der Waals surface area (Å²) < 4.78 is 7.55. The summed E-state index contributed by atoms with van der Waals surface area (Å²) in [7, 11) is 0. The zero-order valence-electron chi connectivity index (χ0n) is 26.4. The third kappa shape index (κ3) is 5.68. The van der Waals surface area contributed by atoms with Crippen molar-refractivity contribution in [1.29, 1.82) is 0 Å². The van der Waals surface area contributed by atoms with E-state index in [1.807, 2.05) is 18.5 Å². The van der Waals surface area contributed by atoms with Crippen molar-refractivity contribution in [2.75, 3.05) is 43.1 Å². The third-order valence-corrected chi connectivity index (χ3v) is 9.94. The quantitative estimate of drug-likeness (QED) is 0.204. The van der Waals surface area contributed by atoms with Crippen molar-refractivity contribution in [3.05, 3.63) is 66.1 Å². The smallest absolute Gasteiger partial charge is 0.262 e. The Labute approximate surface area is 276 Å². The van der Waals surface area contributed by atoms with Gasteiger partial charge < -0.3 is 15.0 Å². The van der Waals surface area contributed by atoms with Crippen molar-refractivity contribution < 1.29 is 23.9 Å². The normalized spacial score (nSPS) is 22.5. The van der Waals surface area contributed by atoms with Crippen LogP contribution in [0.2, 0.25) is 0 Å². The minimum absolute atomic E-state index is 0.0961. The van der Waals surface area contributed by atoms with Crippen LogP contribution in [0.5, 0.6) is 0 Å². The molecule has 3 fully saturated rings. The highest BCUT2D eigenvalue weighted by Gasteiger charge is 2.44. The van der Waals surface area contributed by atoms with Gasteiger partial charge >= 0.3 is 0 Å². The molecule has 1 aliphatic carbocycles. The minimum atomic E-state index is -0.965. The molecule has 13 heteroatoms. The van der Waals surface area contributed by atoms with E-state index in [4.69, 9.17) is 9.72 Å². The maximum absolute atomic E-state index is 13.1. The molecule has 1 unspecified atom stereocenters. The van der Waals surface area contributed by atoms with Gasteiger partial charge in [0.1, 0.15) is 6.04 Å². The Kier molecular flexibility index (Phi) is 7.83. The lowest BCUT2D eigenvalue weighted by Gasteiger charge is -2.35. The maximum Gasteiger partial charge on any atom is 0.262 e. The van der Waals surface area contributed by atoms with Gasteiger partial charge in [0.05, 0.1) is 59.5 Å². The van der Waals surface area contributed by atoms with Crippen LogP contribution >= 0.6 is 0 Å². The lowest BCUT2D eigenvalue weighted by molar-refractivity contribution is -0.136. The number of piperidine rings is 1. The monoisotopic (exact) mass is 648 g/mol. The van der Waals surface area contributed by atoms with Gasteiger partial charge in [-0.1, -0.05) is 0 Å². The largest absolute Gasteiger partial charge is 0.385 e. The van der Waals surface area contributed by atoms with Crippen LogP contribution in [0, 0.1) is 5.92 Å². The molecular formula is C35H36N8O5. The molecule has 4 aromatic rings. The number of ether oxygens (including phenoxy) is 1. The second kappa shape index (κ2) is 12.5. The molecule has 2 aromatic heterocycles. The summed E-state index contributed by atoms with van der Waals surface area (Å²) in [6.07, 6.45) is 10.2. The van der Waals surface area contributed by atoms with Crippen LogP contribution in [0.15, 0.2) is 55.0 Å². The van der Waals surface area contributed by atoms with Crippen molar-refractivity contribution in [2.24, 2.45) is 5.92 Å². The first-order valence-electron chi connectivity index (χ1n) is 16.6. The highest BCUT2D eigenvalue weighted by atomic mass is 16.5. The summed E-state index contributed by atoms with van der Waals surface area (Å²) >= 11 is 0. The predicted molar refractivity (Wildman–Crippen MR) is 176 cm³/mol. The van der Waals surface area contributed by atoms with E-state index in [0.717, 1.165) is 97.1 Å². The van der Waals surface area contributed by atoms with E-state index in [1.54, 1.807) is 18.2 Å². The third-order valence-electron chi connectivity index (χ3n) is 9.94. The molecule has 8 rings (SSSR count). The molecule has 1 saturated carbocycles. The van der Waals surface area contributed by atoms with Gasteiger partial charge in [-0.3, -0.25) is 39.1 Å². The number of fused-ring (bicyclic) bond motifs is 2. The molecule has 13 nitrogen and oxygen atoms in total. The van der Waals surface area contributed by atoms with E-state index >= 15 is 0 Å². The molecular weight excluding hydrogens is 612 g/mol. The van der Waals surface area contributed by atoms with E-state index in [0.29, 0.717) is 12.0 Å². The SMILES string of the molecule is O=C1CCC(N2C(=O)c3ccc(NCCCC4CC(n5cc(-c6cnc7ccc(N8CCOCC8)cc7n6)cn5)C4)cc3C2=O)C(=O)N1. The Bertz CT molecular complexity index is 1930. The number of anilines is 2. The fraction of sp³-hybridized carbons (Fsp3) is 0.400. The van der Waals surface area contributed by atoms with Crippen LogP contribution < -0.4 is 15.5 Å². The molecule has 4 aliphatic rings. The highest BCUT2D eigenvalue weighted by Crippen LogP contribution is 2.40. The van der Waals surface area contributed by atoms with Gasteiger partial charge in [0.2, 0.25) is 11.8 Å². The minimum Gasteiger partial charge on any atom is -0.385 e. The highest BCUT2D eigenvalue weighted by molar-refractivity contribution is 6.23. The number of hydrogen-bond acceptors (Lipinski definition) is 10. The lowest BCUT2D eigenvalue weighted by Crippen LogP contribution is -2.54. The standard InChI is InChI=1S/C35H36N8O5/c44-32-8-7-31(33(45)40-32)43-34(46)26-5-3-23(16-27(26)35(43)47)36-9-1-2-21-14-25(15-21)42-20-22(18-38-42)30-19-37-28-6-4-24(17-29(28)39-30)41-10-12-48-13-11-41/h3-6,16-21,25,31,36H,1-2,7-15H2,(H,40,44,45). The summed E-state index contributed by atoms with van der Waals surface area (Å²) in [5.41, 5.74) is 5.97. The first-order chi connectivity index (χ1) is 23.4. The number of benzene rings is 2. The average Bonchev–Trinajstić information content (AvgIpc) is 3.66. The fourth-order valence-corrected chi connectivity index (χ4v) is 7.18. The van der Waals surface area contributed by atoms with Crippen molar-refractivity contribution in [2.45, 2.75) is 50.6 Å². The topological polar surface area (TPSA) is 152 Å². The molecule has 2 aromatic carbocycles. The predicted octanol–water partition coefficient (Wildman–Crippen LogP) is 3.57. The van der Waals surface area contributed by atoms with Gasteiger partial charge in [-0.15, -0.1) is 0 Å². The average molecular weight is 649 g/mol. The number of carbonyl (C=O) groups excluding carboxylic acids is 4. The van der Waals surface area contributed by atoms with Crippen molar-refractivity contribution in [1.82, 2.24) is 30.0 Å². The van der Waals surface area contributed by atoms with Gasteiger partial charge in [-0.2, -0.15) is 5.10 Å². The number of amides is 4. The summed E-state index contributed by atoms with van der Waals surface area (Å²) in [5.74, 6) is -1.38. The summed E-state index contributed by atoms with van der Waals surface area (Å²) in [4.78, 5) is 62.7. The number of nitrogens with zero attached hydrogens (tertiary/aromatic N) is 6. The Morgan fingerprint density at radius 1 is 0.938 bits per heavy atom. The van der Waals surface area contributed by atoms with Gasteiger partial charge in [0, 0.05) is 49.2 Å². The first-order valence-corrected chi connectivity index (χ1v) is 16.6. The van der Waals surface area contributed by atoms with E-state index in [2.05, 4.69) is 48.6 Å². The molecule has 1 atom stereocenters. The maximum atomic E-state index is 13.1. The van der Waals surface area contributed by atoms with Crippen molar-refractivity contribution in [3.63, 3.8) is 0 Å². The number of hydrogen-bond donors (Lipinski definition) is 2. The number of nitrogens with one attached hydrogen (secondary N) is 2. The number of morpholine rings is 1. The lowest BCUT2D eigenvalue weighted by atomic mass is 9.77. The molecule has 0 bridgehead atoms. The second-order valence-corrected chi connectivity index (χ2v) is 13.0. The molecule has 48 heavy (non-hydrogen) atoms. The van der Waals surface area contributed by atoms with E-state index in [1.165, 1.54) is 0 Å². The molecule has 5 heterocycles. The molecule has 0 spiro atoms. The molecule has 246 valence electrons. The Balaban J connectivity index is 0.819. The Hall–Kier alpha value is -5.17. The number of carbonyl (C=O) groups is 4. The van der Waals surface area contributed by atoms with Crippen LogP contribution in [0.25, 0.3) is 22.3 Å². The van der Waals surface area contributed by atoms with Crippen LogP contribution in [0.4, 0.5) is 11.4 Å². The summed E-state index contributed by atoms with van der Waals surface area (Å²) in [5, 5.41) is 10.3. The Morgan fingerprint density at radius 2 is 1.77 bits per heavy atom. The number of rotatable bonds is 9. The number of imide groups is 2. The summed E-state index contributed by atoms with van der Waals surface area (Å²) in [6, 6.07) is 10.7. The summed E-state index contributed by atoms with van der Waals surface area (Å²) in [6.45, 7) is 3.96. The number of aromatic nitrogens is 4. The van der Waals surface area contributed by atoms with Gasteiger partial charge in [-0.05, 0) is 74.4 Å². The molecule has 3 aliphatic heterocycles. The fourth-order valence-electron chi connectivity index (χ4n) is 7.18. The van der Waals surface area contributed by atoms with Gasteiger partial charge in [0.15, 0.2) is 0 Å². The van der Waals surface area contributed by atoms with E-state index in [-0.39, 0.29) is 24.0 Å². The van der Waals surface area contributed by atoms with Crippen LogP contribution in [-0.2, 0) is 14.3 Å². The molecule has 0 radical (unpaired) electrons. The van der Waals surface area contributed by atoms with Crippen LogP contribution in [-0.4, -0.2) is 87.2 Å². The zero-order chi connectivity index (χ0) is 32.8. The molecule has 2 N–H and O–H groups in total. The second-order valence-electron chi connectivity index (χ2n) is 13.0. The van der Waals surface area contributed by atoms with Crippen molar-refractivity contribution >= 4 is 46.0 Å². The van der Waals surface area contributed by atoms with Gasteiger partial charge in [0.25, 0.3) is 11.8 Å². The van der Waals surface area contributed by atoms with E-state index < -0.39 is 29.7 Å².